The summed E-state index contributed by atoms with van der Waals surface area (Å²) in [4.78, 5) is 16.0. The van der Waals surface area contributed by atoms with Crippen molar-refractivity contribution in [1.82, 2.24) is 4.90 Å². The SMILES string of the molecule is CCN(CC)C(=O)[C@@H]1CCC[NH+](Cc2ccc3c(c2)OCO3)C1. The highest BCUT2D eigenvalue weighted by Gasteiger charge is 2.31. The maximum atomic E-state index is 12.6. The maximum absolute atomic E-state index is 12.6. The number of nitrogens with zero attached hydrogens (tertiary/aromatic N) is 1. The maximum Gasteiger partial charge on any atom is 0.231 e. The van der Waals surface area contributed by atoms with Crippen LogP contribution in [-0.4, -0.2) is 43.8 Å². The molecular weight excluding hydrogens is 292 g/mol. The molecule has 0 bridgehead atoms. The number of piperidine rings is 1. The first-order chi connectivity index (χ1) is 11.2. The first-order valence-corrected chi connectivity index (χ1v) is 8.72. The van der Waals surface area contributed by atoms with E-state index in [1.54, 1.807) is 0 Å². The van der Waals surface area contributed by atoms with E-state index in [0.717, 1.165) is 57.1 Å². The van der Waals surface area contributed by atoms with Crippen molar-refractivity contribution in [3.05, 3.63) is 23.8 Å². The van der Waals surface area contributed by atoms with Crippen molar-refractivity contribution >= 4 is 5.91 Å². The Hall–Kier alpha value is -1.75. The normalized spacial score (nSPS) is 22.9. The second kappa shape index (κ2) is 7.21. The van der Waals surface area contributed by atoms with Crippen molar-refractivity contribution in [3.8, 4) is 11.5 Å². The van der Waals surface area contributed by atoms with Crippen LogP contribution in [0.25, 0.3) is 0 Å². The number of benzene rings is 1. The highest BCUT2D eigenvalue weighted by atomic mass is 16.7. The van der Waals surface area contributed by atoms with Gasteiger partial charge in [0.15, 0.2) is 11.5 Å². The van der Waals surface area contributed by atoms with E-state index >= 15 is 0 Å². The highest BCUT2D eigenvalue weighted by Crippen LogP contribution is 2.32. The number of ether oxygens (including phenoxy) is 2. The third-order valence-corrected chi connectivity index (χ3v) is 4.93. The number of carbonyl (C=O) groups excluding carboxylic acids is 1. The topological polar surface area (TPSA) is 43.2 Å². The second-order valence-electron chi connectivity index (χ2n) is 6.42. The molecule has 0 aromatic heterocycles. The molecule has 1 fully saturated rings. The van der Waals surface area contributed by atoms with Crippen molar-refractivity contribution in [2.45, 2.75) is 33.2 Å². The van der Waals surface area contributed by atoms with Gasteiger partial charge < -0.3 is 19.3 Å². The minimum absolute atomic E-state index is 0.174. The molecular formula is C18H27N2O3+. The van der Waals surface area contributed by atoms with Gasteiger partial charge in [-0.1, -0.05) is 0 Å². The van der Waals surface area contributed by atoms with Crippen LogP contribution in [0.15, 0.2) is 18.2 Å². The van der Waals surface area contributed by atoms with Crippen LogP contribution in [0.5, 0.6) is 11.5 Å². The van der Waals surface area contributed by atoms with Gasteiger partial charge in [0.2, 0.25) is 12.7 Å². The number of fused-ring (bicyclic) bond motifs is 1. The number of carbonyl (C=O) groups is 1. The summed E-state index contributed by atoms with van der Waals surface area (Å²) in [5, 5.41) is 0. The summed E-state index contributed by atoms with van der Waals surface area (Å²) >= 11 is 0. The zero-order valence-electron chi connectivity index (χ0n) is 14.1. The van der Waals surface area contributed by atoms with E-state index in [0.29, 0.717) is 12.7 Å². The van der Waals surface area contributed by atoms with Gasteiger partial charge >= 0.3 is 0 Å². The Morgan fingerprint density at radius 3 is 2.83 bits per heavy atom. The molecule has 1 aromatic rings. The minimum atomic E-state index is 0.174. The summed E-state index contributed by atoms with van der Waals surface area (Å²) in [6.07, 6.45) is 2.15. The van der Waals surface area contributed by atoms with Crippen molar-refractivity contribution < 1.29 is 19.2 Å². The molecule has 126 valence electrons. The number of rotatable bonds is 5. The number of likely N-dealkylation sites (tertiary alicyclic amines) is 1. The van der Waals surface area contributed by atoms with Gasteiger partial charge in [-0.15, -0.1) is 0 Å². The summed E-state index contributed by atoms with van der Waals surface area (Å²) in [5.74, 6) is 2.18. The second-order valence-corrected chi connectivity index (χ2v) is 6.42. The molecule has 0 aliphatic carbocycles. The molecule has 1 aromatic carbocycles. The molecule has 3 rings (SSSR count). The van der Waals surface area contributed by atoms with Gasteiger partial charge in [0, 0.05) is 18.7 Å². The first kappa shape index (κ1) is 16.1. The molecule has 1 amide bonds. The largest absolute Gasteiger partial charge is 0.454 e. The lowest BCUT2D eigenvalue weighted by molar-refractivity contribution is -0.921. The van der Waals surface area contributed by atoms with Gasteiger partial charge in [0.25, 0.3) is 0 Å². The van der Waals surface area contributed by atoms with Crippen LogP contribution < -0.4 is 14.4 Å². The van der Waals surface area contributed by atoms with Gasteiger partial charge in [-0.05, 0) is 44.9 Å². The van der Waals surface area contributed by atoms with Gasteiger partial charge in [-0.3, -0.25) is 4.79 Å². The third-order valence-electron chi connectivity index (χ3n) is 4.93. The number of hydrogen-bond donors (Lipinski definition) is 1. The Kier molecular flexibility index (Phi) is 5.06. The Morgan fingerprint density at radius 2 is 2.04 bits per heavy atom. The van der Waals surface area contributed by atoms with E-state index in [9.17, 15) is 4.79 Å². The molecule has 5 nitrogen and oxygen atoms in total. The van der Waals surface area contributed by atoms with Crippen molar-refractivity contribution in [2.75, 3.05) is 33.0 Å². The van der Waals surface area contributed by atoms with E-state index in [4.69, 9.17) is 9.47 Å². The molecule has 0 saturated carbocycles. The number of hydrogen-bond acceptors (Lipinski definition) is 3. The summed E-state index contributed by atoms with van der Waals surface area (Å²) in [7, 11) is 0. The Bertz CT molecular complexity index is 557. The van der Waals surface area contributed by atoms with E-state index < -0.39 is 0 Å². The predicted octanol–water partition coefficient (Wildman–Crippen LogP) is 1.08. The Balaban J connectivity index is 1.61. The van der Waals surface area contributed by atoms with Gasteiger partial charge in [0.05, 0.1) is 19.0 Å². The van der Waals surface area contributed by atoms with Crippen LogP contribution in [0.4, 0.5) is 0 Å². The summed E-state index contributed by atoms with van der Waals surface area (Å²) in [5.41, 5.74) is 1.25. The average Bonchev–Trinajstić information content (AvgIpc) is 3.04. The van der Waals surface area contributed by atoms with E-state index in [1.807, 2.05) is 11.0 Å². The monoisotopic (exact) mass is 319 g/mol. The summed E-state index contributed by atoms with van der Waals surface area (Å²) in [6.45, 7) is 9.06. The zero-order chi connectivity index (χ0) is 16.2. The van der Waals surface area contributed by atoms with Gasteiger partial charge in [-0.2, -0.15) is 0 Å². The number of nitrogens with one attached hydrogen (secondary N) is 1. The van der Waals surface area contributed by atoms with Crippen LogP contribution in [-0.2, 0) is 11.3 Å². The number of quaternary nitrogens is 1. The van der Waals surface area contributed by atoms with Gasteiger partial charge in [-0.25, -0.2) is 0 Å². The molecule has 1 unspecified atom stereocenters. The standard InChI is InChI=1S/C18H26N2O3/c1-3-20(4-2)18(21)15-6-5-9-19(12-15)11-14-7-8-16-17(10-14)23-13-22-16/h7-8,10,15H,3-6,9,11-13H2,1-2H3/p+1/t15-/m1/s1. The molecule has 2 aliphatic heterocycles. The fourth-order valence-corrected chi connectivity index (χ4v) is 3.66. The molecule has 2 atom stereocenters. The molecule has 5 heteroatoms. The number of amides is 1. The molecule has 1 saturated heterocycles. The molecule has 1 N–H and O–H groups in total. The summed E-state index contributed by atoms with van der Waals surface area (Å²) < 4.78 is 10.8. The van der Waals surface area contributed by atoms with Crippen molar-refractivity contribution in [2.24, 2.45) is 5.92 Å². The third kappa shape index (κ3) is 3.61. The van der Waals surface area contributed by atoms with Crippen LogP contribution in [0, 0.1) is 5.92 Å². The molecule has 23 heavy (non-hydrogen) atoms. The van der Waals surface area contributed by atoms with Crippen molar-refractivity contribution in [1.29, 1.82) is 0 Å². The van der Waals surface area contributed by atoms with E-state index in [-0.39, 0.29) is 5.92 Å². The molecule has 2 aliphatic rings. The fraction of sp³-hybridized carbons (Fsp3) is 0.611. The smallest absolute Gasteiger partial charge is 0.231 e. The minimum Gasteiger partial charge on any atom is -0.454 e. The highest BCUT2D eigenvalue weighted by molar-refractivity contribution is 5.78. The van der Waals surface area contributed by atoms with Crippen LogP contribution in [0.3, 0.4) is 0 Å². The average molecular weight is 319 g/mol. The quantitative estimate of drug-likeness (QED) is 0.883. The van der Waals surface area contributed by atoms with E-state index in [1.165, 1.54) is 10.5 Å². The summed E-state index contributed by atoms with van der Waals surface area (Å²) in [6, 6.07) is 6.17. The molecule has 0 radical (unpaired) electrons. The van der Waals surface area contributed by atoms with Crippen LogP contribution in [0.1, 0.15) is 32.3 Å². The van der Waals surface area contributed by atoms with Gasteiger partial charge in [0.1, 0.15) is 6.54 Å². The Morgan fingerprint density at radius 1 is 1.26 bits per heavy atom. The molecule has 0 spiro atoms. The zero-order valence-corrected chi connectivity index (χ0v) is 14.1. The molecule has 2 heterocycles. The first-order valence-electron chi connectivity index (χ1n) is 8.72. The lowest BCUT2D eigenvalue weighted by atomic mass is 9.96. The lowest BCUT2D eigenvalue weighted by Gasteiger charge is -2.32. The van der Waals surface area contributed by atoms with E-state index in [2.05, 4.69) is 26.0 Å². The van der Waals surface area contributed by atoms with Crippen LogP contribution in [0.2, 0.25) is 0 Å². The predicted molar refractivity (Wildman–Crippen MR) is 87.6 cm³/mol. The lowest BCUT2D eigenvalue weighted by Crippen LogP contribution is -3.12. The Labute approximate surface area is 138 Å². The fourth-order valence-electron chi connectivity index (χ4n) is 3.66. The van der Waals surface area contributed by atoms with Crippen LogP contribution >= 0.6 is 0 Å². The van der Waals surface area contributed by atoms with Crippen molar-refractivity contribution in [3.63, 3.8) is 0 Å².